The Morgan fingerprint density at radius 3 is 2.44 bits per heavy atom. The van der Waals surface area contributed by atoms with Crippen molar-refractivity contribution in [2.75, 3.05) is 0 Å². The van der Waals surface area contributed by atoms with E-state index in [1.807, 2.05) is 0 Å². The molecule has 0 aliphatic heterocycles. The second kappa shape index (κ2) is 8.34. The summed E-state index contributed by atoms with van der Waals surface area (Å²) in [5.74, 6) is -1.54. The van der Waals surface area contributed by atoms with Crippen molar-refractivity contribution < 1.29 is 18.9 Å². The molecule has 0 atom stereocenters. The lowest BCUT2D eigenvalue weighted by atomic mass is 10.1. The van der Waals surface area contributed by atoms with Crippen LogP contribution in [-0.4, -0.2) is 16.7 Å². The first-order valence-corrected chi connectivity index (χ1v) is 7.20. The van der Waals surface area contributed by atoms with Crippen molar-refractivity contribution in [1.29, 1.82) is 0 Å². The Bertz CT molecular complexity index is 819. The highest BCUT2D eigenvalue weighted by molar-refractivity contribution is 5.93. The molecule has 128 valence electrons. The zero-order valence-corrected chi connectivity index (χ0v) is 12.9. The van der Waals surface area contributed by atoms with Crippen molar-refractivity contribution in [2.24, 2.45) is 0 Å². The molecule has 0 unspecified atom stereocenters. The van der Waals surface area contributed by atoms with Crippen LogP contribution in [0.2, 0.25) is 0 Å². The first-order valence-electron chi connectivity index (χ1n) is 7.20. The van der Waals surface area contributed by atoms with Gasteiger partial charge < -0.3 is 0 Å². The van der Waals surface area contributed by atoms with Gasteiger partial charge in [0.1, 0.15) is 5.82 Å². The van der Waals surface area contributed by atoms with Crippen LogP contribution in [0.1, 0.15) is 11.1 Å². The number of carbonyl (C=O) groups is 2. The molecule has 2 amide bonds. The SMILES string of the molecule is O=C(/C=C/c1ccccc1[N+](=O)[O-])NNC(=O)Cc1ccc(F)cc1. The third-order valence-corrected chi connectivity index (χ3v) is 3.15. The topological polar surface area (TPSA) is 101 Å². The fourth-order valence-corrected chi connectivity index (χ4v) is 1.97. The van der Waals surface area contributed by atoms with Crippen molar-refractivity contribution in [1.82, 2.24) is 10.9 Å². The maximum Gasteiger partial charge on any atom is 0.276 e. The van der Waals surface area contributed by atoms with Crippen molar-refractivity contribution >= 4 is 23.6 Å². The number of nitro benzene ring substituents is 1. The van der Waals surface area contributed by atoms with E-state index in [0.717, 1.165) is 6.08 Å². The van der Waals surface area contributed by atoms with Gasteiger partial charge in [-0.3, -0.25) is 30.6 Å². The number of carbonyl (C=O) groups excluding carboxylic acids is 2. The van der Waals surface area contributed by atoms with Crippen LogP contribution in [0, 0.1) is 15.9 Å². The summed E-state index contributed by atoms with van der Waals surface area (Å²) in [5, 5.41) is 10.9. The Morgan fingerprint density at radius 2 is 1.76 bits per heavy atom. The molecule has 0 aromatic heterocycles. The molecular formula is C17H14FN3O4. The Balaban J connectivity index is 1.87. The maximum atomic E-state index is 12.8. The van der Waals surface area contributed by atoms with Crippen molar-refractivity contribution in [2.45, 2.75) is 6.42 Å². The molecule has 2 N–H and O–H groups in total. The summed E-state index contributed by atoms with van der Waals surface area (Å²) in [5.41, 5.74) is 5.08. The largest absolute Gasteiger partial charge is 0.276 e. The molecule has 0 fully saturated rings. The number of hydrogen-bond donors (Lipinski definition) is 2. The number of hydrazine groups is 1. The third-order valence-electron chi connectivity index (χ3n) is 3.15. The summed E-state index contributed by atoms with van der Waals surface area (Å²) < 4.78 is 12.8. The molecule has 0 spiro atoms. The van der Waals surface area contributed by atoms with Crippen LogP contribution in [0.5, 0.6) is 0 Å². The van der Waals surface area contributed by atoms with E-state index in [9.17, 15) is 24.1 Å². The monoisotopic (exact) mass is 343 g/mol. The summed E-state index contributed by atoms with van der Waals surface area (Å²) in [7, 11) is 0. The number of nitrogens with one attached hydrogen (secondary N) is 2. The fraction of sp³-hybridized carbons (Fsp3) is 0.0588. The van der Waals surface area contributed by atoms with Gasteiger partial charge in [0.25, 0.3) is 11.6 Å². The van der Waals surface area contributed by atoms with Gasteiger partial charge in [-0.1, -0.05) is 24.3 Å². The second-order valence-electron chi connectivity index (χ2n) is 4.99. The summed E-state index contributed by atoms with van der Waals surface area (Å²) >= 11 is 0. The van der Waals surface area contributed by atoms with Gasteiger partial charge in [-0.25, -0.2) is 4.39 Å². The standard InChI is InChI=1S/C17H14FN3O4/c18-14-8-5-12(6-9-14)11-17(23)20-19-16(22)10-7-13-3-1-2-4-15(13)21(24)25/h1-10H,11H2,(H,19,22)(H,20,23)/b10-7+. The average molecular weight is 343 g/mol. The smallest absolute Gasteiger partial charge is 0.273 e. The van der Waals surface area contributed by atoms with E-state index in [4.69, 9.17) is 0 Å². The number of hydrogen-bond acceptors (Lipinski definition) is 4. The zero-order chi connectivity index (χ0) is 18.2. The predicted octanol–water partition coefficient (Wildman–Crippen LogP) is 2.14. The van der Waals surface area contributed by atoms with Crippen LogP contribution < -0.4 is 10.9 Å². The van der Waals surface area contributed by atoms with Gasteiger partial charge >= 0.3 is 0 Å². The average Bonchev–Trinajstić information content (AvgIpc) is 2.60. The molecule has 0 aliphatic carbocycles. The van der Waals surface area contributed by atoms with Crippen LogP contribution in [0.3, 0.4) is 0 Å². The first kappa shape index (κ1) is 17.8. The zero-order valence-electron chi connectivity index (χ0n) is 12.9. The quantitative estimate of drug-likeness (QED) is 0.493. The lowest BCUT2D eigenvalue weighted by Gasteiger charge is -2.05. The Labute approximate surface area is 142 Å². The molecule has 2 aromatic rings. The van der Waals surface area contributed by atoms with E-state index in [1.54, 1.807) is 6.07 Å². The van der Waals surface area contributed by atoms with Gasteiger partial charge in [-0.2, -0.15) is 0 Å². The molecule has 25 heavy (non-hydrogen) atoms. The molecule has 0 saturated carbocycles. The first-order chi connectivity index (χ1) is 12.0. The van der Waals surface area contributed by atoms with Gasteiger partial charge in [0.15, 0.2) is 0 Å². The summed E-state index contributed by atoms with van der Waals surface area (Å²) in [4.78, 5) is 33.7. The van der Waals surface area contributed by atoms with Crippen molar-refractivity contribution in [3.63, 3.8) is 0 Å². The molecule has 0 bridgehead atoms. The Morgan fingerprint density at radius 1 is 1.08 bits per heavy atom. The second-order valence-corrected chi connectivity index (χ2v) is 4.99. The minimum absolute atomic E-state index is 0.0333. The molecule has 8 heteroatoms. The van der Waals surface area contributed by atoms with E-state index in [2.05, 4.69) is 10.9 Å². The van der Waals surface area contributed by atoms with E-state index in [-0.39, 0.29) is 17.7 Å². The highest BCUT2D eigenvalue weighted by Gasteiger charge is 2.10. The minimum atomic E-state index is -0.648. The number of para-hydroxylation sites is 1. The van der Waals surface area contributed by atoms with Gasteiger partial charge in [0, 0.05) is 12.1 Å². The number of rotatable bonds is 5. The molecule has 7 nitrogen and oxygen atoms in total. The molecule has 2 aromatic carbocycles. The van der Waals surface area contributed by atoms with Crippen LogP contribution in [0.25, 0.3) is 6.08 Å². The minimum Gasteiger partial charge on any atom is -0.273 e. The Hall–Kier alpha value is -3.55. The van der Waals surface area contributed by atoms with E-state index in [1.165, 1.54) is 48.5 Å². The highest BCUT2D eigenvalue weighted by Crippen LogP contribution is 2.18. The number of nitro groups is 1. The van der Waals surface area contributed by atoms with E-state index >= 15 is 0 Å². The molecule has 0 aliphatic rings. The third kappa shape index (κ3) is 5.54. The van der Waals surface area contributed by atoms with E-state index in [0.29, 0.717) is 5.56 Å². The van der Waals surface area contributed by atoms with Crippen LogP contribution in [-0.2, 0) is 16.0 Å². The predicted molar refractivity (Wildman–Crippen MR) is 88.5 cm³/mol. The lowest BCUT2D eigenvalue weighted by Crippen LogP contribution is -2.41. The molecule has 0 radical (unpaired) electrons. The molecule has 2 rings (SSSR count). The van der Waals surface area contributed by atoms with Gasteiger partial charge in [0.05, 0.1) is 16.9 Å². The lowest BCUT2D eigenvalue weighted by molar-refractivity contribution is -0.385. The normalized spacial score (nSPS) is 10.4. The van der Waals surface area contributed by atoms with Crippen LogP contribution in [0.15, 0.2) is 54.6 Å². The van der Waals surface area contributed by atoms with Gasteiger partial charge in [0.2, 0.25) is 5.91 Å². The maximum absolute atomic E-state index is 12.8. The van der Waals surface area contributed by atoms with Crippen molar-refractivity contribution in [3.8, 4) is 0 Å². The number of amides is 2. The number of nitrogens with zero attached hydrogens (tertiary/aromatic N) is 1. The summed E-state index contributed by atoms with van der Waals surface area (Å²) in [6, 6.07) is 11.3. The van der Waals surface area contributed by atoms with Crippen LogP contribution in [0.4, 0.5) is 10.1 Å². The van der Waals surface area contributed by atoms with E-state index < -0.39 is 22.6 Å². The molecular weight excluding hydrogens is 329 g/mol. The summed E-state index contributed by atoms with van der Waals surface area (Å²) in [6.45, 7) is 0. The Kier molecular flexibility index (Phi) is 5.94. The number of halogens is 1. The van der Waals surface area contributed by atoms with Gasteiger partial charge in [-0.05, 0) is 29.8 Å². The van der Waals surface area contributed by atoms with Crippen molar-refractivity contribution in [3.05, 3.63) is 81.7 Å². The molecule has 0 heterocycles. The highest BCUT2D eigenvalue weighted by atomic mass is 19.1. The molecule has 0 saturated heterocycles. The number of benzene rings is 2. The van der Waals surface area contributed by atoms with Gasteiger partial charge in [-0.15, -0.1) is 0 Å². The fourth-order valence-electron chi connectivity index (χ4n) is 1.97. The van der Waals surface area contributed by atoms with Crippen LogP contribution >= 0.6 is 0 Å². The summed E-state index contributed by atoms with van der Waals surface area (Å²) in [6.07, 6.45) is 2.31.